The van der Waals surface area contributed by atoms with Gasteiger partial charge in [0.15, 0.2) is 5.82 Å². The number of nitrogens with zero attached hydrogens (tertiary/aromatic N) is 2. The average molecular weight is 358 g/mol. The molecule has 0 aliphatic carbocycles. The molecule has 8 nitrogen and oxygen atoms in total. The minimum Gasteiger partial charge on any atom is -0.488 e. The van der Waals surface area contributed by atoms with Gasteiger partial charge in [-0.25, -0.2) is 12.8 Å². The van der Waals surface area contributed by atoms with Gasteiger partial charge in [-0.3, -0.25) is 10.1 Å². The van der Waals surface area contributed by atoms with E-state index >= 15 is 0 Å². The second-order valence-corrected chi connectivity index (χ2v) is 6.32. The van der Waals surface area contributed by atoms with Crippen LogP contribution in [0.25, 0.3) is 0 Å². The SMILES string of the molecule is COc1c(F)cc(S(=O)(=O)N(C)C(C)CN)cc1[N+](=O)[O-].Cl. The molecule has 0 radical (unpaired) electrons. The maximum atomic E-state index is 13.8. The highest BCUT2D eigenvalue weighted by atomic mass is 35.5. The van der Waals surface area contributed by atoms with Crippen LogP contribution in [0.3, 0.4) is 0 Å². The quantitative estimate of drug-likeness (QED) is 0.602. The molecule has 0 saturated heterocycles. The van der Waals surface area contributed by atoms with Gasteiger partial charge in [0.25, 0.3) is 0 Å². The maximum absolute atomic E-state index is 13.8. The lowest BCUT2D eigenvalue weighted by atomic mass is 10.3. The first-order valence-corrected chi connectivity index (χ1v) is 7.30. The molecule has 0 aromatic heterocycles. The van der Waals surface area contributed by atoms with Crippen molar-refractivity contribution in [2.24, 2.45) is 5.73 Å². The van der Waals surface area contributed by atoms with E-state index in [0.29, 0.717) is 6.07 Å². The lowest BCUT2D eigenvalue weighted by Crippen LogP contribution is -2.39. The normalized spacial score (nSPS) is 12.6. The molecule has 0 saturated carbocycles. The molecule has 0 aliphatic rings. The topological polar surface area (TPSA) is 116 Å². The molecule has 1 rings (SSSR count). The third-order valence-electron chi connectivity index (χ3n) is 3.04. The molecule has 0 bridgehead atoms. The number of likely N-dealkylation sites (N-methyl/N-ethyl adjacent to an activating group) is 1. The molecule has 11 heteroatoms. The van der Waals surface area contributed by atoms with Crippen LogP contribution in [0.15, 0.2) is 17.0 Å². The Labute approximate surface area is 133 Å². The molecule has 0 aliphatic heterocycles. The van der Waals surface area contributed by atoms with E-state index in [-0.39, 0.29) is 19.0 Å². The summed E-state index contributed by atoms with van der Waals surface area (Å²) >= 11 is 0. The number of rotatable bonds is 6. The molecule has 1 aromatic carbocycles. The Hall–Kier alpha value is -1.49. The molecule has 2 N–H and O–H groups in total. The number of benzene rings is 1. The van der Waals surface area contributed by atoms with E-state index in [1.165, 1.54) is 7.05 Å². The third-order valence-corrected chi connectivity index (χ3v) is 4.99. The highest BCUT2D eigenvalue weighted by Gasteiger charge is 2.30. The molecule has 1 atom stereocenters. The summed E-state index contributed by atoms with van der Waals surface area (Å²) in [6, 6.07) is 0.900. The van der Waals surface area contributed by atoms with E-state index in [0.717, 1.165) is 17.5 Å². The van der Waals surface area contributed by atoms with Crippen LogP contribution in [-0.2, 0) is 10.0 Å². The molecule has 1 aromatic rings. The number of sulfonamides is 1. The Balaban J connectivity index is 0.00000441. The van der Waals surface area contributed by atoms with Crippen molar-refractivity contribution < 1.29 is 22.5 Å². The van der Waals surface area contributed by atoms with E-state index in [1.807, 2.05) is 0 Å². The first kappa shape index (κ1) is 20.5. The van der Waals surface area contributed by atoms with Crippen molar-refractivity contribution >= 4 is 28.1 Å². The van der Waals surface area contributed by atoms with Crippen molar-refractivity contribution in [3.63, 3.8) is 0 Å². The van der Waals surface area contributed by atoms with E-state index < -0.39 is 43.1 Å². The Morgan fingerprint density at radius 3 is 2.45 bits per heavy atom. The van der Waals surface area contributed by atoms with Crippen LogP contribution in [0.2, 0.25) is 0 Å². The Kier molecular flexibility index (Phi) is 7.16. The molecule has 22 heavy (non-hydrogen) atoms. The van der Waals surface area contributed by atoms with E-state index in [4.69, 9.17) is 5.73 Å². The zero-order valence-corrected chi connectivity index (χ0v) is 13.8. The first-order chi connectivity index (χ1) is 9.66. The minimum absolute atomic E-state index is 0. The lowest BCUT2D eigenvalue weighted by Gasteiger charge is -2.23. The summed E-state index contributed by atoms with van der Waals surface area (Å²) in [6.07, 6.45) is 0. The lowest BCUT2D eigenvalue weighted by molar-refractivity contribution is -0.386. The largest absolute Gasteiger partial charge is 0.488 e. The minimum atomic E-state index is -4.10. The van der Waals surface area contributed by atoms with E-state index in [2.05, 4.69) is 4.74 Å². The van der Waals surface area contributed by atoms with E-state index in [9.17, 15) is 22.9 Å². The van der Waals surface area contributed by atoms with Crippen molar-refractivity contribution in [2.75, 3.05) is 20.7 Å². The third kappa shape index (κ3) is 3.83. The van der Waals surface area contributed by atoms with Crippen molar-refractivity contribution in [3.8, 4) is 5.75 Å². The van der Waals surface area contributed by atoms with Gasteiger partial charge < -0.3 is 10.5 Å². The predicted octanol–water partition coefficient (Wildman–Crippen LogP) is 1.13. The Bertz CT molecular complexity index is 655. The Morgan fingerprint density at radius 2 is 2.05 bits per heavy atom. The molecular formula is C11H17ClFN3O5S. The summed E-state index contributed by atoms with van der Waals surface area (Å²) in [5, 5.41) is 10.9. The number of nitrogens with two attached hydrogens (primary N) is 1. The number of hydrogen-bond acceptors (Lipinski definition) is 6. The standard InChI is InChI=1S/C11H16FN3O5S.ClH/c1-7(6-13)14(2)21(18,19)8-4-9(12)11(20-3)10(5-8)15(16)17;/h4-5,7H,6,13H2,1-3H3;1H. The van der Waals surface area contributed by atoms with Crippen LogP contribution < -0.4 is 10.5 Å². The van der Waals surface area contributed by atoms with Crippen LogP contribution >= 0.6 is 12.4 Å². The first-order valence-electron chi connectivity index (χ1n) is 5.86. The average Bonchev–Trinajstić information content (AvgIpc) is 2.44. The number of hydrogen-bond donors (Lipinski definition) is 1. The fraction of sp³-hybridized carbons (Fsp3) is 0.455. The van der Waals surface area contributed by atoms with Crippen LogP contribution in [-0.4, -0.2) is 44.4 Å². The van der Waals surface area contributed by atoms with Gasteiger partial charge in [0.1, 0.15) is 0 Å². The molecule has 126 valence electrons. The van der Waals surface area contributed by atoms with Gasteiger partial charge in [-0.05, 0) is 13.0 Å². The van der Waals surface area contributed by atoms with Gasteiger partial charge in [-0.2, -0.15) is 4.31 Å². The summed E-state index contributed by atoms with van der Waals surface area (Å²) < 4.78 is 43.9. The van der Waals surface area contributed by atoms with Gasteiger partial charge in [-0.15, -0.1) is 12.4 Å². The van der Waals surface area contributed by atoms with Crippen molar-refractivity contribution in [1.82, 2.24) is 4.31 Å². The monoisotopic (exact) mass is 357 g/mol. The van der Waals surface area contributed by atoms with Crippen molar-refractivity contribution in [3.05, 3.63) is 28.1 Å². The van der Waals surface area contributed by atoms with Crippen LogP contribution in [0.5, 0.6) is 5.75 Å². The fourth-order valence-corrected chi connectivity index (χ4v) is 3.00. The zero-order valence-electron chi connectivity index (χ0n) is 12.1. The predicted molar refractivity (Wildman–Crippen MR) is 80.3 cm³/mol. The summed E-state index contributed by atoms with van der Waals surface area (Å²) in [5.74, 6) is -1.74. The molecule has 0 spiro atoms. The van der Waals surface area contributed by atoms with Gasteiger partial charge in [0.2, 0.25) is 15.8 Å². The van der Waals surface area contributed by atoms with E-state index in [1.54, 1.807) is 6.92 Å². The summed E-state index contributed by atoms with van der Waals surface area (Å²) in [4.78, 5) is 9.46. The van der Waals surface area contributed by atoms with Crippen LogP contribution in [0, 0.1) is 15.9 Å². The number of nitro groups is 1. The van der Waals surface area contributed by atoms with Crippen LogP contribution in [0.4, 0.5) is 10.1 Å². The molecule has 0 fully saturated rings. The number of halogens is 2. The van der Waals surface area contributed by atoms with Crippen LogP contribution in [0.1, 0.15) is 6.92 Å². The molecule has 0 heterocycles. The summed E-state index contributed by atoms with van der Waals surface area (Å²) in [6.45, 7) is 1.61. The highest BCUT2D eigenvalue weighted by molar-refractivity contribution is 7.89. The fourth-order valence-electron chi connectivity index (χ4n) is 1.59. The summed E-state index contributed by atoms with van der Waals surface area (Å²) in [7, 11) is -1.78. The number of ether oxygens (including phenoxy) is 1. The number of methoxy groups -OCH3 is 1. The van der Waals surface area contributed by atoms with Crippen molar-refractivity contribution in [2.45, 2.75) is 17.9 Å². The molecular weight excluding hydrogens is 341 g/mol. The molecule has 1 unspecified atom stereocenters. The maximum Gasteiger partial charge on any atom is 0.315 e. The second-order valence-electron chi connectivity index (χ2n) is 4.32. The van der Waals surface area contributed by atoms with Gasteiger partial charge in [0, 0.05) is 25.7 Å². The molecule has 0 amide bonds. The van der Waals surface area contributed by atoms with Gasteiger partial charge >= 0.3 is 5.69 Å². The van der Waals surface area contributed by atoms with Gasteiger partial charge in [-0.1, -0.05) is 0 Å². The number of nitro benzene ring substituents is 1. The second kappa shape index (κ2) is 7.68. The summed E-state index contributed by atoms with van der Waals surface area (Å²) in [5.41, 5.74) is 4.63. The smallest absolute Gasteiger partial charge is 0.315 e. The zero-order chi connectivity index (χ0) is 16.4. The highest BCUT2D eigenvalue weighted by Crippen LogP contribution is 2.33. The Morgan fingerprint density at radius 1 is 1.50 bits per heavy atom. The van der Waals surface area contributed by atoms with Gasteiger partial charge in [0.05, 0.1) is 16.9 Å². The van der Waals surface area contributed by atoms with Crippen molar-refractivity contribution in [1.29, 1.82) is 0 Å².